The molecule has 4 nitrogen and oxygen atoms in total. The lowest BCUT2D eigenvalue weighted by Crippen LogP contribution is -2.44. The van der Waals surface area contributed by atoms with Gasteiger partial charge < -0.3 is 15.0 Å². The second-order valence-corrected chi connectivity index (χ2v) is 4.97. The van der Waals surface area contributed by atoms with Crippen LogP contribution in [-0.4, -0.2) is 43.6 Å². The van der Waals surface area contributed by atoms with Gasteiger partial charge in [0.1, 0.15) is 0 Å². The van der Waals surface area contributed by atoms with E-state index in [1.54, 1.807) is 0 Å². The minimum atomic E-state index is -0.449. The summed E-state index contributed by atoms with van der Waals surface area (Å²) in [7, 11) is 1.40. The van der Waals surface area contributed by atoms with E-state index in [2.05, 4.69) is 12.2 Å². The molecule has 0 spiro atoms. The molecule has 1 aromatic carbocycles. The summed E-state index contributed by atoms with van der Waals surface area (Å²) >= 11 is 0. The summed E-state index contributed by atoms with van der Waals surface area (Å²) in [6.07, 6.45) is 1.91. The number of benzene rings is 1. The monoisotopic (exact) mass is 280 g/mol. The maximum atomic E-state index is 13.4. The maximum Gasteiger partial charge on any atom is 0.253 e. The largest absolute Gasteiger partial charge is 0.494 e. The van der Waals surface area contributed by atoms with Gasteiger partial charge in [0.15, 0.2) is 11.6 Å². The van der Waals surface area contributed by atoms with Crippen LogP contribution < -0.4 is 10.1 Å². The standard InChI is InChI=1S/C15H21FN2O2/c1-3-17-12-6-8-18(9-7-12)15(19)11-4-5-13(16)14(10-11)20-2/h4-5,10,12,17H,3,6-9H2,1-2H3. The molecule has 1 fully saturated rings. The van der Waals surface area contributed by atoms with Crippen molar-refractivity contribution in [1.29, 1.82) is 0 Å². The molecule has 1 N–H and O–H groups in total. The van der Waals surface area contributed by atoms with E-state index in [9.17, 15) is 9.18 Å². The molecule has 0 atom stereocenters. The van der Waals surface area contributed by atoms with Crippen LogP contribution in [0, 0.1) is 5.82 Å². The summed E-state index contributed by atoms with van der Waals surface area (Å²) in [5, 5.41) is 3.40. The van der Waals surface area contributed by atoms with Crippen LogP contribution in [0.25, 0.3) is 0 Å². The van der Waals surface area contributed by atoms with Crippen LogP contribution in [0.5, 0.6) is 5.75 Å². The fraction of sp³-hybridized carbons (Fsp3) is 0.533. The van der Waals surface area contributed by atoms with Gasteiger partial charge >= 0.3 is 0 Å². The van der Waals surface area contributed by atoms with E-state index in [1.807, 2.05) is 4.90 Å². The zero-order valence-corrected chi connectivity index (χ0v) is 12.0. The van der Waals surface area contributed by atoms with Gasteiger partial charge in [-0.25, -0.2) is 4.39 Å². The van der Waals surface area contributed by atoms with Crippen molar-refractivity contribution >= 4 is 5.91 Å². The molecule has 0 aromatic heterocycles. The summed E-state index contributed by atoms with van der Waals surface area (Å²) in [5.74, 6) is -0.397. The summed E-state index contributed by atoms with van der Waals surface area (Å²) in [5.41, 5.74) is 0.477. The number of hydrogen-bond donors (Lipinski definition) is 1. The quantitative estimate of drug-likeness (QED) is 0.918. The van der Waals surface area contributed by atoms with Gasteiger partial charge in [-0.1, -0.05) is 6.92 Å². The highest BCUT2D eigenvalue weighted by atomic mass is 19.1. The topological polar surface area (TPSA) is 41.6 Å². The van der Waals surface area contributed by atoms with Gasteiger partial charge in [-0.05, 0) is 37.6 Å². The van der Waals surface area contributed by atoms with E-state index in [4.69, 9.17) is 4.74 Å². The number of hydrogen-bond acceptors (Lipinski definition) is 3. The van der Waals surface area contributed by atoms with Gasteiger partial charge in [0, 0.05) is 24.7 Å². The van der Waals surface area contributed by atoms with E-state index in [-0.39, 0.29) is 11.7 Å². The van der Waals surface area contributed by atoms with Crippen molar-refractivity contribution in [3.8, 4) is 5.75 Å². The molecular weight excluding hydrogens is 259 g/mol. The Morgan fingerprint density at radius 2 is 2.15 bits per heavy atom. The molecule has 1 heterocycles. The van der Waals surface area contributed by atoms with Gasteiger partial charge in [-0.2, -0.15) is 0 Å². The highest BCUT2D eigenvalue weighted by molar-refractivity contribution is 5.94. The molecular formula is C15H21FN2O2. The zero-order chi connectivity index (χ0) is 14.5. The number of methoxy groups -OCH3 is 1. The van der Waals surface area contributed by atoms with Crippen molar-refractivity contribution in [1.82, 2.24) is 10.2 Å². The third-order valence-electron chi connectivity index (χ3n) is 3.67. The molecule has 20 heavy (non-hydrogen) atoms. The second kappa shape index (κ2) is 6.70. The fourth-order valence-electron chi connectivity index (χ4n) is 2.55. The highest BCUT2D eigenvalue weighted by Crippen LogP contribution is 2.20. The summed E-state index contributed by atoms with van der Waals surface area (Å²) in [4.78, 5) is 14.2. The second-order valence-electron chi connectivity index (χ2n) is 4.97. The van der Waals surface area contributed by atoms with Crippen molar-refractivity contribution in [2.24, 2.45) is 0 Å². The first-order valence-corrected chi connectivity index (χ1v) is 7.02. The van der Waals surface area contributed by atoms with Gasteiger partial charge in [-0.3, -0.25) is 4.79 Å². The molecule has 1 aliphatic rings. The van der Waals surface area contributed by atoms with Crippen LogP contribution in [0.3, 0.4) is 0 Å². The number of carbonyl (C=O) groups excluding carboxylic acids is 1. The predicted molar refractivity (Wildman–Crippen MR) is 75.6 cm³/mol. The molecule has 0 aliphatic carbocycles. The molecule has 2 rings (SSSR count). The van der Waals surface area contributed by atoms with Crippen LogP contribution in [0.2, 0.25) is 0 Å². The van der Waals surface area contributed by atoms with Crippen LogP contribution >= 0.6 is 0 Å². The summed E-state index contributed by atoms with van der Waals surface area (Å²) in [6.45, 7) is 4.50. The van der Waals surface area contributed by atoms with E-state index in [0.717, 1.165) is 32.5 Å². The predicted octanol–water partition coefficient (Wildman–Crippen LogP) is 2.05. The Bertz CT molecular complexity index is 471. The number of nitrogens with one attached hydrogen (secondary N) is 1. The number of ether oxygens (including phenoxy) is 1. The van der Waals surface area contributed by atoms with Crippen LogP contribution in [0.4, 0.5) is 4.39 Å². The number of rotatable bonds is 4. The molecule has 1 aromatic rings. The third-order valence-corrected chi connectivity index (χ3v) is 3.67. The lowest BCUT2D eigenvalue weighted by molar-refractivity contribution is 0.0705. The molecule has 1 saturated heterocycles. The number of halogens is 1. The Labute approximate surface area is 118 Å². The Kier molecular flexibility index (Phi) is 4.95. The smallest absolute Gasteiger partial charge is 0.253 e. The average molecular weight is 280 g/mol. The molecule has 1 amide bonds. The van der Waals surface area contributed by atoms with Gasteiger partial charge in [-0.15, -0.1) is 0 Å². The molecule has 0 radical (unpaired) electrons. The minimum Gasteiger partial charge on any atom is -0.494 e. The Hall–Kier alpha value is -1.62. The summed E-state index contributed by atoms with van der Waals surface area (Å²) in [6, 6.07) is 4.74. The minimum absolute atomic E-state index is 0.0572. The first kappa shape index (κ1) is 14.8. The van der Waals surface area contributed by atoms with Gasteiger partial charge in [0.05, 0.1) is 7.11 Å². The van der Waals surface area contributed by atoms with Crippen molar-refractivity contribution in [3.05, 3.63) is 29.6 Å². The van der Waals surface area contributed by atoms with Crippen molar-refractivity contribution in [2.75, 3.05) is 26.7 Å². The maximum absolute atomic E-state index is 13.4. The summed E-state index contributed by atoms with van der Waals surface area (Å²) < 4.78 is 18.3. The van der Waals surface area contributed by atoms with Crippen molar-refractivity contribution in [2.45, 2.75) is 25.8 Å². The first-order chi connectivity index (χ1) is 9.65. The Morgan fingerprint density at radius 3 is 2.75 bits per heavy atom. The number of carbonyl (C=O) groups is 1. The molecule has 0 saturated carbocycles. The van der Waals surface area contributed by atoms with E-state index in [0.29, 0.717) is 11.6 Å². The molecule has 0 unspecified atom stereocenters. The first-order valence-electron chi connectivity index (χ1n) is 7.02. The number of piperidine rings is 1. The molecule has 0 bridgehead atoms. The Balaban J connectivity index is 2.02. The Morgan fingerprint density at radius 1 is 1.45 bits per heavy atom. The third kappa shape index (κ3) is 3.28. The number of amides is 1. The SMILES string of the molecule is CCNC1CCN(C(=O)c2ccc(F)c(OC)c2)CC1. The molecule has 110 valence electrons. The van der Waals surface area contributed by atoms with E-state index in [1.165, 1.54) is 25.3 Å². The van der Waals surface area contributed by atoms with Crippen LogP contribution in [-0.2, 0) is 0 Å². The van der Waals surface area contributed by atoms with Crippen molar-refractivity contribution in [3.63, 3.8) is 0 Å². The van der Waals surface area contributed by atoms with Gasteiger partial charge in [0.25, 0.3) is 5.91 Å². The van der Waals surface area contributed by atoms with Crippen LogP contribution in [0.1, 0.15) is 30.1 Å². The average Bonchev–Trinajstić information content (AvgIpc) is 2.48. The zero-order valence-electron chi connectivity index (χ0n) is 12.0. The molecule has 1 aliphatic heterocycles. The lowest BCUT2D eigenvalue weighted by Gasteiger charge is -2.32. The lowest BCUT2D eigenvalue weighted by atomic mass is 10.0. The normalized spacial score (nSPS) is 16.2. The van der Waals surface area contributed by atoms with Gasteiger partial charge in [0.2, 0.25) is 0 Å². The molecule has 5 heteroatoms. The van der Waals surface area contributed by atoms with E-state index >= 15 is 0 Å². The number of nitrogens with zero attached hydrogens (tertiary/aromatic N) is 1. The number of likely N-dealkylation sites (tertiary alicyclic amines) is 1. The van der Waals surface area contributed by atoms with Crippen LogP contribution in [0.15, 0.2) is 18.2 Å². The van der Waals surface area contributed by atoms with Crippen molar-refractivity contribution < 1.29 is 13.9 Å². The fourth-order valence-corrected chi connectivity index (χ4v) is 2.55. The highest BCUT2D eigenvalue weighted by Gasteiger charge is 2.23. The van der Waals surface area contributed by atoms with E-state index < -0.39 is 5.82 Å².